The van der Waals surface area contributed by atoms with Crippen molar-refractivity contribution in [3.63, 3.8) is 0 Å². The summed E-state index contributed by atoms with van der Waals surface area (Å²) in [5.41, 5.74) is 0.749. The minimum absolute atomic E-state index is 0.0446. The normalized spacial score (nSPS) is 25.4. The Bertz CT molecular complexity index is 596. The minimum Gasteiger partial charge on any atom is -0.486 e. The molecule has 20 heavy (non-hydrogen) atoms. The highest BCUT2D eigenvalue weighted by Crippen LogP contribution is 2.35. The second-order valence-corrected chi connectivity index (χ2v) is 7.65. The van der Waals surface area contributed by atoms with Crippen LogP contribution in [0.15, 0.2) is 18.2 Å². The third kappa shape index (κ3) is 2.91. The first-order chi connectivity index (χ1) is 9.53. The summed E-state index contributed by atoms with van der Waals surface area (Å²) in [5, 5.41) is 10.3. The van der Waals surface area contributed by atoms with Gasteiger partial charge >= 0.3 is 0 Å². The van der Waals surface area contributed by atoms with Crippen LogP contribution < -0.4 is 9.47 Å². The van der Waals surface area contributed by atoms with Gasteiger partial charge in [0.15, 0.2) is 21.3 Å². The Morgan fingerprint density at radius 3 is 2.70 bits per heavy atom. The predicted octanol–water partition coefficient (Wildman–Crippen LogP) is 1.32. The molecule has 0 radical (unpaired) electrons. The number of aliphatic hydroxyl groups excluding tert-OH is 1. The van der Waals surface area contributed by atoms with Crippen LogP contribution in [0.2, 0.25) is 0 Å². The minimum atomic E-state index is -2.89. The van der Waals surface area contributed by atoms with E-state index in [1.165, 1.54) is 0 Å². The van der Waals surface area contributed by atoms with Gasteiger partial charge in [-0.1, -0.05) is 6.07 Å². The van der Waals surface area contributed by atoms with Crippen LogP contribution in [0.3, 0.4) is 0 Å². The molecule has 2 atom stereocenters. The zero-order valence-corrected chi connectivity index (χ0v) is 11.9. The molecular weight excluding hydrogens is 280 g/mol. The Kier molecular flexibility index (Phi) is 3.60. The highest BCUT2D eigenvalue weighted by Gasteiger charge is 2.30. The molecule has 6 heteroatoms. The zero-order valence-electron chi connectivity index (χ0n) is 11.1. The fourth-order valence-electron chi connectivity index (χ4n) is 2.78. The molecule has 5 nitrogen and oxygen atoms in total. The topological polar surface area (TPSA) is 72.8 Å². The van der Waals surface area contributed by atoms with E-state index in [1.807, 2.05) is 6.07 Å². The number of ether oxygens (including phenoxy) is 2. The Balaban J connectivity index is 1.69. The smallest absolute Gasteiger partial charge is 0.161 e. The fourth-order valence-corrected chi connectivity index (χ4v) is 4.66. The molecule has 110 valence electrons. The third-order valence-electron chi connectivity index (χ3n) is 3.83. The van der Waals surface area contributed by atoms with Crippen molar-refractivity contribution in [1.82, 2.24) is 0 Å². The Morgan fingerprint density at radius 2 is 2.00 bits per heavy atom. The Morgan fingerprint density at radius 1 is 1.25 bits per heavy atom. The van der Waals surface area contributed by atoms with E-state index in [2.05, 4.69) is 0 Å². The molecule has 2 unspecified atom stereocenters. The molecule has 2 aliphatic heterocycles. The van der Waals surface area contributed by atoms with E-state index in [4.69, 9.17) is 9.47 Å². The summed E-state index contributed by atoms with van der Waals surface area (Å²) in [6, 6.07) is 5.38. The molecule has 2 heterocycles. The highest BCUT2D eigenvalue weighted by atomic mass is 32.2. The lowest BCUT2D eigenvalue weighted by Gasteiger charge is -2.21. The van der Waals surface area contributed by atoms with Crippen molar-refractivity contribution in [1.29, 1.82) is 0 Å². The monoisotopic (exact) mass is 298 g/mol. The van der Waals surface area contributed by atoms with Crippen LogP contribution in [0.1, 0.15) is 24.5 Å². The van der Waals surface area contributed by atoms with Gasteiger partial charge in [0, 0.05) is 0 Å². The van der Waals surface area contributed by atoms with Crippen molar-refractivity contribution in [2.75, 3.05) is 24.7 Å². The number of hydrogen-bond acceptors (Lipinski definition) is 5. The van der Waals surface area contributed by atoms with E-state index in [1.54, 1.807) is 12.1 Å². The van der Waals surface area contributed by atoms with Gasteiger partial charge in [0.25, 0.3) is 0 Å². The average Bonchev–Trinajstić information content (AvgIpc) is 2.77. The number of benzene rings is 1. The number of rotatable bonds is 3. The number of aliphatic hydroxyl groups is 1. The van der Waals surface area contributed by atoms with Crippen LogP contribution in [0, 0.1) is 5.92 Å². The molecule has 0 spiro atoms. The van der Waals surface area contributed by atoms with Crippen LogP contribution in [0.25, 0.3) is 0 Å². The van der Waals surface area contributed by atoms with Crippen LogP contribution in [0.5, 0.6) is 11.5 Å². The number of sulfone groups is 1. The maximum atomic E-state index is 11.4. The van der Waals surface area contributed by atoms with E-state index in [-0.39, 0.29) is 17.4 Å². The molecule has 0 aliphatic carbocycles. The van der Waals surface area contributed by atoms with E-state index in [0.29, 0.717) is 37.6 Å². The van der Waals surface area contributed by atoms with Gasteiger partial charge in [0.05, 0.1) is 17.6 Å². The number of hydrogen-bond donors (Lipinski definition) is 1. The molecule has 1 N–H and O–H groups in total. The van der Waals surface area contributed by atoms with Gasteiger partial charge in [-0.2, -0.15) is 0 Å². The maximum Gasteiger partial charge on any atom is 0.161 e. The molecule has 1 aromatic carbocycles. The molecule has 0 bridgehead atoms. The lowest BCUT2D eigenvalue weighted by Crippen LogP contribution is -2.16. The molecule has 0 amide bonds. The lowest BCUT2D eigenvalue weighted by molar-refractivity contribution is 0.145. The van der Waals surface area contributed by atoms with Gasteiger partial charge < -0.3 is 14.6 Å². The summed E-state index contributed by atoms with van der Waals surface area (Å²) in [4.78, 5) is 0. The van der Waals surface area contributed by atoms with E-state index in [0.717, 1.165) is 5.56 Å². The average molecular weight is 298 g/mol. The van der Waals surface area contributed by atoms with Gasteiger partial charge in [-0.05, 0) is 36.5 Å². The van der Waals surface area contributed by atoms with Crippen molar-refractivity contribution in [2.24, 2.45) is 5.92 Å². The van der Waals surface area contributed by atoms with Gasteiger partial charge in [-0.25, -0.2) is 8.42 Å². The summed E-state index contributed by atoms with van der Waals surface area (Å²) < 4.78 is 33.8. The molecule has 3 rings (SSSR count). The van der Waals surface area contributed by atoms with Crippen molar-refractivity contribution < 1.29 is 23.0 Å². The van der Waals surface area contributed by atoms with Crippen molar-refractivity contribution in [3.05, 3.63) is 23.8 Å². The molecular formula is C14H18O5S. The largest absolute Gasteiger partial charge is 0.486 e. The Hall–Kier alpha value is -1.27. The van der Waals surface area contributed by atoms with Crippen molar-refractivity contribution in [3.8, 4) is 11.5 Å². The summed E-state index contributed by atoms with van der Waals surface area (Å²) in [5.74, 6) is 1.81. The molecule has 2 aliphatic rings. The van der Waals surface area contributed by atoms with Crippen molar-refractivity contribution in [2.45, 2.75) is 18.9 Å². The molecule has 0 aromatic heterocycles. The fraction of sp³-hybridized carbons (Fsp3) is 0.571. The summed E-state index contributed by atoms with van der Waals surface area (Å²) in [7, 11) is -2.89. The standard InChI is InChI=1S/C14H18O5S/c15-12(7-10-3-6-20(16,17)9-10)11-1-2-13-14(8-11)19-5-4-18-13/h1-2,8,10,12,15H,3-7,9H2. The first-order valence-corrected chi connectivity index (χ1v) is 8.64. The third-order valence-corrected chi connectivity index (χ3v) is 5.67. The molecule has 1 fully saturated rings. The van der Waals surface area contributed by atoms with Crippen LogP contribution in [0.4, 0.5) is 0 Å². The second-order valence-electron chi connectivity index (χ2n) is 5.42. The van der Waals surface area contributed by atoms with Gasteiger partial charge in [0.1, 0.15) is 13.2 Å². The first-order valence-electron chi connectivity index (χ1n) is 6.81. The van der Waals surface area contributed by atoms with E-state index < -0.39 is 15.9 Å². The first kappa shape index (κ1) is 13.7. The molecule has 1 aromatic rings. The lowest BCUT2D eigenvalue weighted by atomic mass is 9.96. The SMILES string of the molecule is O=S1(=O)CCC(CC(O)c2ccc3c(c2)OCCO3)C1. The maximum absolute atomic E-state index is 11.4. The summed E-state index contributed by atoms with van der Waals surface area (Å²) in [6.07, 6.45) is 0.451. The Labute approximate surface area is 118 Å². The second kappa shape index (κ2) is 5.26. The zero-order chi connectivity index (χ0) is 14.2. The highest BCUT2D eigenvalue weighted by molar-refractivity contribution is 7.91. The van der Waals surface area contributed by atoms with E-state index in [9.17, 15) is 13.5 Å². The number of fused-ring (bicyclic) bond motifs is 1. The van der Waals surface area contributed by atoms with Gasteiger partial charge in [-0.3, -0.25) is 0 Å². The quantitative estimate of drug-likeness (QED) is 0.911. The summed E-state index contributed by atoms with van der Waals surface area (Å²) in [6.45, 7) is 1.04. The van der Waals surface area contributed by atoms with Gasteiger partial charge in [-0.15, -0.1) is 0 Å². The van der Waals surface area contributed by atoms with Crippen molar-refractivity contribution >= 4 is 9.84 Å². The molecule has 1 saturated heterocycles. The van der Waals surface area contributed by atoms with Crippen LogP contribution in [-0.4, -0.2) is 38.2 Å². The predicted molar refractivity (Wildman–Crippen MR) is 73.8 cm³/mol. The van der Waals surface area contributed by atoms with Gasteiger partial charge in [0.2, 0.25) is 0 Å². The van der Waals surface area contributed by atoms with E-state index >= 15 is 0 Å². The van der Waals surface area contributed by atoms with Crippen LogP contribution >= 0.6 is 0 Å². The molecule has 0 saturated carbocycles. The summed E-state index contributed by atoms with van der Waals surface area (Å²) >= 11 is 0. The van der Waals surface area contributed by atoms with Crippen LogP contribution in [-0.2, 0) is 9.84 Å².